The predicted octanol–water partition coefficient (Wildman–Crippen LogP) is 3.07. The first kappa shape index (κ1) is 11.7. The van der Waals surface area contributed by atoms with Gasteiger partial charge in [0, 0.05) is 0 Å². The molecule has 3 atom stereocenters. The van der Waals surface area contributed by atoms with Crippen molar-refractivity contribution in [3.8, 4) is 0 Å². The van der Waals surface area contributed by atoms with Crippen LogP contribution in [-0.2, 0) is 0 Å². The van der Waals surface area contributed by atoms with Gasteiger partial charge in [-0.3, -0.25) is 4.99 Å². The molecule has 3 unspecified atom stereocenters. The van der Waals surface area contributed by atoms with Crippen LogP contribution < -0.4 is 0 Å². The highest BCUT2D eigenvalue weighted by Crippen LogP contribution is 2.36. The largest absolute Gasteiger partial charge is 0.313 e. The molecule has 0 spiro atoms. The Kier molecular flexibility index (Phi) is 3.03. The number of hydrogen-bond acceptors (Lipinski definition) is 3. The molecule has 3 rings (SSSR count). The monoisotopic (exact) mass is 272 g/mol. The van der Waals surface area contributed by atoms with Crippen LogP contribution in [0.25, 0.3) is 0 Å². The van der Waals surface area contributed by atoms with Crippen LogP contribution in [-0.4, -0.2) is 33.4 Å². The van der Waals surface area contributed by atoms with E-state index in [1.54, 1.807) is 0 Å². The Morgan fingerprint density at radius 3 is 3.00 bits per heavy atom. The summed E-state index contributed by atoms with van der Waals surface area (Å²) in [7, 11) is 0. The topological polar surface area (TPSA) is 35.8 Å². The Hall–Kier alpha value is -0.350. The molecular formula is C12H14Cl2N2O. The molecule has 0 aromatic carbocycles. The highest BCUT2D eigenvalue weighted by molar-refractivity contribution is 6.34. The minimum atomic E-state index is -0.108. The van der Waals surface area contributed by atoms with Gasteiger partial charge in [0.1, 0.15) is 0 Å². The Bertz CT molecular complexity index is 430. The molecule has 1 fully saturated rings. The van der Waals surface area contributed by atoms with Crippen molar-refractivity contribution < 1.29 is 5.21 Å². The highest BCUT2D eigenvalue weighted by atomic mass is 35.5. The molecule has 0 aromatic heterocycles. The van der Waals surface area contributed by atoms with E-state index in [1.165, 1.54) is 5.06 Å². The lowest BCUT2D eigenvalue weighted by atomic mass is 9.88. The number of fused-ring (bicyclic) bond motifs is 2. The molecule has 0 aromatic rings. The van der Waals surface area contributed by atoms with E-state index in [0.717, 1.165) is 37.1 Å². The third-order valence-corrected chi connectivity index (χ3v) is 4.43. The second-order valence-electron chi connectivity index (χ2n) is 4.72. The van der Waals surface area contributed by atoms with Gasteiger partial charge in [-0.25, -0.2) is 0 Å². The molecular weight excluding hydrogens is 259 g/mol. The number of aliphatic imine (C=N–C) groups is 1. The fourth-order valence-corrected chi connectivity index (χ4v) is 3.39. The van der Waals surface area contributed by atoms with E-state index >= 15 is 0 Å². The Balaban J connectivity index is 2.06. The second kappa shape index (κ2) is 4.39. The van der Waals surface area contributed by atoms with Crippen LogP contribution in [0, 0.1) is 0 Å². The first-order chi connectivity index (χ1) is 8.18. The van der Waals surface area contributed by atoms with Gasteiger partial charge in [0.25, 0.3) is 0 Å². The maximum absolute atomic E-state index is 10.3. The fraction of sp³-hybridized carbons (Fsp3) is 0.583. The smallest absolute Gasteiger partial charge is 0.0828 e. The molecule has 5 heteroatoms. The molecule has 2 aliphatic carbocycles. The molecule has 0 amide bonds. The first-order valence-electron chi connectivity index (χ1n) is 5.94. The van der Waals surface area contributed by atoms with Gasteiger partial charge < -0.3 is 5.21 Å². The lowest BCUT2D eigenvalue weighted by Gasteiger charge is -2.42. The van der Waals surface area contributed by atoms with Crippen molar-refractivity contribution in [3.05, 3.63) is 22.9 Å². The number of nitrogens with zero attached hydrogens (tertiary/aromatic N) is 2. The summed E-state index contributed by atoms with van der Waals surface area (Å²) in [6, 6.07) is -0.140. The molecule has 1 saturated carbocycles. The van der Waals surface area contributed by atoms with Gasteiger partial charge in [0.15, 0.2) is 0 Å². The van der Waals surface area contributed by atoms with Crippen LogP contribution in [0.5, 0.6) is 0 Å². The number of hydroxylamine groups is 2. The first-order valence-corrected chi connectivity index (χ1v) is 6.76. The maximum Gasteiger partial charge on any atom is 0.0828 e. The molecule has 3 nitrogen and oxygen atoms in total. The van der Waals surface area contributed by atoms with Crippen molar-refractivity contribution in [3.63, 3.8) is 0 Å². The number of halogens is 2. The summed E-state index contributed by atoms with van der Waals surface area (Å²) in [6.45, 7) is 0. The van der Waals surface area contributed by atoms with Crippen LogP contribution in [0.3, 0.4) is 0 Å². The summed E-state index contributed by atoms with van der Waals surface area (Å²) < 4.78 is 0. The van der Waals surface area contributed by atoms with Crippen molar-refractivity contribution in [1.82, 2.24) is 5.06 Å². The summed E-state index contributed by atoms with van der Waals surface area (Å²) in [5.74, 6) is 0. The Morgan fingerprint density at radius 2 is 2.18 bits per heavy atom. The van der Waals surface area contributed by atoms with Gasteiger partial charge in [-0.15, -0.1) is 11.6 Å². The Labute approximate surface area is 110 Å². The molecule has 0 saturated heterocycles. The maximum atomic E-state index is 10.3. The molecule has 1 heterocycles. The zero-order chi connectivity index (χ0) is 12.0. The number of hydrogen-bond donors (Lipinski definition) is 1. The van der Waals surface area contributed by atoms with Crippen molar-refractivity contribution in [2.45, 2.75) is 43.1 Å². The lowest BCUT2D eigenvalue weighted by Crippen LogP contribution is -2.53. The van der Waals surface area contributed by atoms with Gasteiger partial charge in [0.05, 0.1) is 33.9 Å². The summed E-state index contributed by atoms with van der Waals surface area (Å²) in [4.78, 5) is 4.62. The third kappa shape index (κ3) is 1.85. The molecule has 0 bridgehead atoms. The Morgan fingerprint density at radius 1 is 1.35 bits per heavy atom. The number of alkyl halides is 1. The number of allylic oxidation sites excluding steroid dienone is 2. The summed E-state index contributed by atoms with van der Waals surface area (Å²) in [5.41, 5.74) is 1.63. The molecule has 1 N–H and O–H groups in total. The van der Waals surface area contributed by atoms with Gasteiger partial charge in [0.2, 0.25) is 0 Å². The highest BCUT2D eigenvalue weighted by Gasteiger charge is 2.41. The van der Waals surface area contributed by atoms with E-state index < -0.39 is 0 Å². The summed E-state index contributed by atoms with van der Waals surface area (Å²) in [6.07, 6.45) is 7.45. The zero-order valence-corrected chi connectivity index (χ0v) is 10.8. The standard InChI is InChI=1S/C12H14Cl2N2O/c13-7-3-1-5-9-11(7)15-12-8(14)4-2-6-10(12)16(9)17/h1,3,8-10,17H,2,4-6H2. The van der Waals surface area contributed by atoms with Crippen LogP contribution in [0.1, 0.15) is 25.7 Å². The van der Waals surface area contributed by atoms with E-state index in [-0.39, 0.29) is 17.5 Å². The van der Waals surface area contributed by atoms with Crippen LogP contribution >= 0.6 is 23.2 Å². The molecule has 3 aliphatic rings. The van der Waals surface area contributed by atoms with Crippen molar-refractivity contribution in [1.29, 1.82) is 0 Å². The third-order valence-electron chi connectivity index (χ3n) is 3.67. The molecule has 92 valence electrons. The van der Waals surface area contributed by atoms with Crippen molar-refractivity contribution >= 4 is 28.9 Å². The summed E-state index contributed by atoms with van der Waals surface area (Å²) >= 11 is 12.4. The SMILES string of the molecule is ON1C2CCCC(Cl)C2=NC2=C(Cl)C=CCC21. The van der Waals surface area contributed by atoms with E-state index in [1.807, 2.05) is 12.2 Å². The van der Waals surface area contributed by atoms with E-state index in [2.05, 4.69) is 4.99 Å². The molecule has 17 heavy (non-hydrogen) atoms. The lowest BCUT2D eigenvalue weighted by molar-refractivity contribution is -0.139. The molecule has 0 radical (unpaired) electrons. The minimum absolute atomic E-state index is 0.0315. The average Bonchev–Trinajstić information content (AvgIpc) is 2.32. The van der Waals surface area contributed by atoms with Crippen molar-refractivity contribution in [2.75, 3.05) is 0 Å². The number of rotatable bonds is 0. The van der Waals surface area contributed by atoms with E-state index in [4.69, 9.17) is 23.2 Å². The fourth-order valence-electron chi connectivity index (χ4n) is 2.78. The zero-order valence-electron chi connectivity index (χ0n) is 9.31. The normalized spacial score (nSPS) is 37.6. The van der Waals surface area contributed by atoms with Gasteiger partial charge in [-0.1, -0.05) is 17.7 Å². The quantitative estimate of drug-likeness (QED) is 0.688. The minimum Gasteiger partial charge on any atom is -0.313 e. The van der Waals surface area contributed by atoms with Crippen LogP contribution in [0.15, 0.2) is 27.9 Å². The second-order valence-corrected chi connectivity index (χ2v) is 5.65. The van der Waals surface area contributed by atoms with Gasteiger partial charge in [-0.2, -0.15) is 5.06 Å². The van der Waals surface area contributed by atoms with E-state index in [0.29, 0.717) is 5.03 Å². The van der Waals surface area contributed by atoms with Crippen LogP contribution in [0.2, 0.25) is 0 Å². The average molecular weight is 273 g/mol. The van der Waals surface area contributed by atoms with Gasteiger partial charge in [-0.05, 0) is 31.8 Å². The molecule has 1 aliphatic heterocycles. The summed E-state index contributed by atoms with van der Waals surface area (Å²) in [5, 5.41) is 12.2. The van der Waals surface area contributed by atoms with Crippen LogP contribution in [0.4, 0.5) is 0 Å². The van der Waals surface area contributed by atoms with Gasteiger partial charge >= 0.3 is 0 Å². The predicted molar refractivity (Wildman–Crippen MR) is 68.8 cm³/mol. The van der Waals surface area contributed by atoms with E-state index in [9.17, 15) is 5.21 Å². The van der Waals surface area contributed by atoms with Crippen molar-refractivity contribution in [2.24, 2.45) is 4.99 Å².